The number of likely N-dealkylation sites (N-methyl/N-ethyl adjacent to an activating group) is 1. The highest BCUT2D eigenvalue weighted by molar-refractivity contribution is 6.16. The predicted octanol–water partition coefficient (Wildman–Crippen LogP) is 2.17. The van der Waals surface area contributed by atoms with Crippen LogP contribution in [0.2, 0.25) is 0 Å². The molecule has 0 aromatic carbocycles. The Kier molecular flexibility index (Phi) is 5.02. The summed E-state index contributed by atoms with van der Waals surface area (Å²) >= 11 is 0. The highest BCUT2D eigenvalue weighted by Gasteiger charge is 2.24. The molecule has 1 atom stereocenters. The van der Waals surface area contributed by atoms with Gasteiger partial charge in [-0.15, -0.1) is 0 Å². The molecule has 1 unspecified atom stereocenters. The summed E-state index contributed by atoms with van der Waals surface area (Å²) in [5.41, 5.74) is 3.38. The molecule has 4 N–H and O–H groups in total. The number of rotatable bonds is 4. The Morgan fingerprint density at radius 3 is 2.79 bits per heavy atom. The van der Waals surface area contributed by atoms with Gasteiger partial charge in [0.2, 0.25) is 0 Å². The van der Waals surface area contributed by atoms with Crippen LogP contribution in [-0.2, 0) is 0 Å². The summed E-state index contributed by atoms with van der Waals surface area (Å²) in [5, 5.41) is 25.0. The van der Waals surface area contributed by atoms with E-state index in [4.69, 9.17) is 10.4 Å². The molecule has 2 aliphatic rings. The lowest BCUT2D eigenvalue weighted by Gasteiger charge is -2.19. The van der Waals surface area contributed by atoms with Gasteiger partial charge in [0.05, 0.1) is 23.0 Å². The molecular formula is C21H25N7O. The molecule has 2 aromatic heterocycles. The van der Waals surface area contributed by atoms with Crippen LogP contribution in [0.5, 0.6) is 0 Å². The van der Waals surface area contributed by atoms with Crippen molar-refractivity contribution in [2.45, 2.75) is 19.4 Å². The normalized spacial score (nSPS) is 21.3. The quantitative estimate of drug-likeness (QED) is 0.632. The number of allylic oxidation sites excluding steroid dienone is 4. The van der Waals surface area contributed by atoms with Crippen molar-refractivity contribution in [3.8, 4) is 0 Å². The predicted molar refractivity (Wildman–Crippen MR) is 115 cm³/mol. The van der Waals surface area contributed by atoms with Gasteiger partial charge in [0.25, 0.3) is 0 Å². The lowest BCUT2D eigenvalue weighted by molar-refractivity contribution is 0.432. The van der Waals surface area contributed by atoms with Crippen LogP contribution in [0.4, 0.5) is 5.82 Å². The third-order valence-electron chi connectivity index (χ3n) is 5.46. The Balaban J connectivity index is 1.69. The molecule has 0 radical (unpaired) electrons. The molecule has 1 fully saturated rings. The van der Waals surface area contributed by atoms with E-state index in [1.165, 1.54) is 0 Å². The first-order valence-corrected chi connectivity index (χ1v) is 9.67. The summed E-state index contributed by atoms with van der Waals surface area (Å²) in [6.07, 6.45) is 6.24. The molecule has 0 amide bonds. The Bertz CT molecular complexity index is 1070. The monoisotopic (exact) mass is 391 g/mol. The molecule has 2 aromatic rings. The molecule has 150 valence electrons. The van der Waals surface area contributed by atoms with Gasteiger partial charge in [0.1, 0.15) is 17.1 Å². The fourth-order valence-electron chi connectivity index (χ4n) is 3.69. The molecular weight excluding hydrogens is 366 g/mol. The van der Waals surface area contributed by atoms with Crippen molar-refractivity contribution < 1.29 is 5.11 Å². The SMILES string of the molecule is CN/C=C1/C=C(c2ncc3nc(N4CCC(NC)C4)ccc3n2)C(O)=C(C)C1=N. The third-order valence-corrected chi connectivity index (χ3v) is 5.46. The molecule has 8 nitrogen and oxygen atoms in total. The summed E-state index contributed by atoms with van der Waals surface area (Å²) < 4.78 is 0. The molecule has 0 saturated carbocycles. The van der Waals surface area contributed by atoms with E-state index in [9.17, 15) is 5.11 Å². The van der Waals surface area contributed by atoms with Crippen LogP contribution in [0.25, 0.3) is 16.6 Å². The van der Waals surface area contributed by atoms with Crippen molar-refractivity contribution in [1.82, 2.24) is 25.6 Å². The number of aliphatic hydroxyl groups excluding tert-OH is 1. The number of aliphatic hydroxyl groups is 1. The molecule has 29 heavy (non-hydrogen) atoms. The van der Waals surface area contributed by atoms with Crippen LogP contribution >= 0.6 is 0 Å². The second-order valence-electron chi connectivity index (χ2n) is 7.28. The molecule has 1 aliphatic carbocycles. The second kappa shape index (κ2) is 7.63. The number of pyridine rings is 1. The Hall–Kier alpha value is -3.26. The van der Waals surface area contributed by atoms with Gasteiger partial charge >= 0.3 is 0 Å². The lowest BCUT2D eigenvalue weighted by atomic mass is 9.92. The van der Waals surface area contributed by atoms with E-state index in [2.05, 4.69) is 25.5 Å². The van der Waals surface area contributed by atoms with Crippen LogP contribution in [0, 0.1) is 5.41 Å². The Morgan fingerprint density at radius 1 is 1.24 bits per heavy atom. The van der Waals surface area contributed by atoms with Gasteiger partial charge in [-0.1, -0.05) is 0 Å². The highest BCUT2D eigenvalue weighted by atomic mass is 16.3. The molecule has 3 heterocycles. The minimum absolute atomic E-state index is 0.0300. The lowest BCUT2D eigenvalue weighted by Crippen LogP contribution is -2.29. The van der Waals surface area contributed by atoms with Gasteiger partial charge in [0, 0.05) is 43.5 Å². The van der Waals surface area contributed by atoms with Crippen molar-refractivity contribution in [2.75, 3.05) is 32.1 Å². The van der Waals surface area contributed by atoms with Crippen LogP contribution < -0.4 is 15.5 Å². The first-order chi connectivity index (χ1) is 14.0. The molecule has 1 aliphatic heterocycles. The van der Waals surface area contributed by atoms with Crippen LogP contribution in [0.1, 0.15) is 19.2 Å². The number of nitrogens with one attached hydrogen (secondary N) is 3. The summed E-state index contributed by atoms with van der Waals surface area (Å²) in [6.45, 7) is 3.63. The van der Waals surface area contributed by atoms with Crippen molar-refractivity contribution in [1.29, 1.82) is 5.41 Å². The number of aromatic nitrogens is 3. The summed E-state index contributed by atoms with van der Waals surface area (Å²) in [5.74, 6) is 1.37. The summed E-state index contributed by atoms with van der Waals surface area (Å²) in [4.78, 5) is 16.1. The molecule has 1 saturated heterocycles. The smallest absolute Gasteiger partial charge is 0.163 e. The number of nitrogens with zero attached hydrogens (tertiary/aromatic N) is 4. The minimum atomic E-state index is 0.0300. The van der Waals surface area contributed by atoms with Crippen LogP contribution in [0.15, 0.2) is 47.5 Å². The third kappa shape index (κ3) is 3.47. The van der Waals surface area contributed by atoms with Crippen LogP contribution in [0.3, 0.4) is 0 Å². The number of anilines is 1. The number of hydrogen-bond donors (Lipinski definition) is 4. The van der Waals surface area contributed by atoms with E-state index in [0.29, 0.717) is 34.1 Å². The summed E-state index contributed by atoms with van der Waals surface area (Å²) in [7, 11) is 3.76. The van der Waals surface area contributed by atoms with E-state index in [1.54, 1.807) is 32.4 Å². The van der Waals surface area contributed by atoms with E-state index < -0.39 is 0 Å². The average molecular weight is 391 g/mol. The van der Waals surface area contributed by atoms with Crippen molar-refractivity contribution >= 4 is 28.1 Å². The first-order valence-electron chi connectivity index (χ1n) is 9.67. The minimum Gasteiger partial charge on any atom is -0.507 e. The Morgan fingerprint density at radius 2 is 2.07 bits per heavy atom. The standard InChI is InChI=1S/C21H25N7O/c1-12-19(22)13(9-23-2)8-15(20(12)29)21-25-10-17-16(27-21)4-5-18(26-17)28-7-6-14(11-28)24-3/h4-5,8-10,14,22-24,29H,6-7,11H2,1-3H3/b13-9-,22-19?. The van der Waals surface area contributed by atoms with Crippen LogP contribution in [-0.4, -0.2) is 59.0 Å². The van der Waals surface area contributed by atoms with Crippen molar-refractivity contribution in [2.24, 2.45) is 0 Å². The van der Waals surface area contributed by atoms with Gasteiger partial charge in [0.15, 0.2) is 5.82 Å². The van der Waals surface area contributed by atoms with E-state index in [1.807, 2.05) is 19.2 Å². The Labute approximate surface area is 169 Å². The molecule has 0 spiro atoms. The topological polar surface area (TPSA) is 110 Å². The zero-order valence-corrected chi connectivity index (χ0v) is 16.8. The zero-order chi connectivity index (χ0) is 20.5. The van der Waals surface area contributed by atoms with Crippen molar-refractivity contribution in [3.63, 3.8) is 0 Å². The molecule has 0 bridgehead atoms. The highest BCUT2D eigenvalue weighted by Crippen LogP contribution is 2.30. The molecule has 4 rings (SSSR count). The van der Waals surface area contributed by atoms with E-state index in [-0.39, 0.29) is 11.5 Å². The number of fused-ring (bicyclic) bond motifs is 1. The maximum absolute atomic E-state index is 10.6. The van der Waals surface area contributed by atoms with Gasteiger partial charge in [-0.2, -0.15) is 0 Å². The largest absolute Gasteiger partial charge is 0.507 e. The first kappa shape index (κ1) is 19.1. The van der Waals surface area contributed by atoms with Crippen molar-refractivity contribution in [3.05, 3.63) is 53.3 Å². The van der Waals surface area contributed by atoms with E-state index in [0.717, 1.165) is 30.8 Å². The fourth-order valence-corrected chi connectivity index (χ4v) is 3.69. The van der Waals surface area contributed by atoms with Gasteiger partial charge in [-0.25, -0.2) is 15.0 Å². The van der Waals surface area contributed by atoms with Gasteiger partial charge < -0.3 is 20.6 Å². The summed E-state index contributed by atoms with van der Waals surface area (Å²) in [6, 6.07) is 4.41. The van der Waals surface area contributed by atoms with E-state index >= 15 is 0 Å². The maximum atomic E-state index is 10.6. The fraction of sp³-hybridized carbons (Fsp3) is 0.333. The maximum Gasteiger partial charge on any atom is 0.163 e. The average Bonchev–Trinajstić information content (AvgIpc) is 3.23. The number of hydrogen-bond acceptors (Lipinski definition) is 8. The van der Waals surface area contributed by atoms with Gasteiger partial charge in [-0.3, -0.25) is 5.41 Å². The van der Waals surface area contributed by atoms with Gasteiger partial charge in [-0.05, 0) is 38.6 Å². The zero-order valence-electron chi connectivity index (χ0n) is 16.8. The second-order valence-corrected chi connectivity index (χ2v) is 7.28. The molecule has 8 heteroatoms.